The maximum absolute atomic E-state index is 12.7. The fourth-order valence-electron chi connectivity index (χ4n) is 3.22. The fraction of sp³-hybridized carbons (Fsp3) is 0.353. The quantitative estimate of drug-likeness (QED) is 0.893. The van der Waals surface area contributed by atoms with Crippen LogP contribution in [0.4, 0.5) is 5.69 Å². The van der Waals surface area contributed by atoms with Gasteiger partial charge in [0.1, 0.15) is 0 Å². The molecule has 4 rings (SSSR count). The highest BCUT2D eigenvalue weighted by atomic mass is 16.5. The van der Waals surface area contributed by atoms with E-state index in [-0.39, 0.29) is 17.7 Å². The largest absolute Gasteiger partial charge is 0.381 e. The van der Waals surface area contributed by atoms with Crippen molar-refractivity contribution in [2.45, 2.75) is 18.9 Å². The highest BCUT2D eigenvalue weighted by Gasteiger charge is 2.27. The number of ether oxygens (including phenoxy) is 1. The van der Waals surface area contributed by atoms with Crippen molar-refractivity contribution in [3.05, 3.63) is 46.8 Å². The number of carbonyl (C=O) groups excluding carboxylic acids is 2. The van der Waals surface area contributed by atoms with Gasteiger partial charge in [0.15, 0.2) is 0 Å². The Morgan fingerprint density at radius 3 is 3.12 bits per heavy atom. The maximum Gasteiger partial charge on any atom is 0.259 e. The first kappa shape index (κ1) is 14.9. The Labute approximate surface area is 139 Å². The molecule has 1 saturated heterocycles. The molecule has 1 atom stereocenters. The molecule has 2 amide bonds. The summed E-state index contributed by atoms with van der Waals surface area (Å²) in [5.41, 5.74) is 3.49. The van der Waals surface area contributed by atoms with Gasteiger partial charge in [0, 0.05) is 43.6 Å². The van der Waals surface area contributed by atoms with Crippen LogP contribution in [0.2, 0.25) is 0 Å². The van der Waals surface area contributed by atoms with E-state index in [1.54, 1.807) is 24.0 Å². The molecule has 0 radical (unpaired) electrons. The molecule has 3 heterocycles. The Morgan fingerprint density at radius 1 is 1.46 bits per heavy atom. The van der Waals surface area contributed by atoms with Crippen LogP contribution in [0.25, 0.3) is 0 Å². The van der Waals surface area contributed by atoms with Crippen LogP contribution in [0.1, 0.15) is 44.3 Å². The molecule has 0 aliphatic carbocycles. The van der Waals surface area contributed by atoms with Gasteiger partial charge in [0.2, 0.25) is 0 Å². The number of nitrogens with one attached hydrogen (secondary N) is 2. The number of nitrogens with zero attached hydrogens (tertiary/aromatic N) is 2. The topological polar surface area (TPSA) is 85.2 Å². The molecule has 1 aromatic heterocycles. The summed E-state index contributed by atoms with van der Waals surface area (Å²) in [5, 5.41) is 10.1. The third kappa shape index (κ3) is 2.56. The number of anilines is 1. The molecule has 2 N–H and O–H groups in total. The number of amides is 2. The molecule has 0 spiro atoms. The summed E-state index contributed by atoms with van der Waals surface area (Å²) in [6.07, 6.45) is 2.60. The van der Waals surface area contributed by atoms with Crippen molar-refractivity contribution in [3.63, 3.8) is 0 Å². The smallest absolute Gasteiger partial charge is 0.259 e. The predicted octanol–water partition coefficient (Wildman–Crippen LogP) is 1.42. The van der Waals surface area contributed by atoms with Crippen molar-refractivity contribution in [2.75, 3.05) is 18.5 Å². The molecule has 7 nitrogen and oxygen atoms in total. The average molecular weight is 326 g/mol. The summed E-state index contributed by atoms with van der Waals surface area (Å²) in [5.74, 6) is -0.174. The minimum atomic E-state index is -0.219. The van der Waals surface area contributed by atoms with Gasteiger partial charge < -0.3 is 15.4 Å². The van der Waals surface area contributed by atoms with Gasteiger partial charge in [-0.3, -0.25) is 14.3 Å². The average Bonchev–Trinajstić information content (AvgIpc) is 3.28. The molecule has 1 fully saturated rings. The molecule has 2 aliphatic rings. The molecular weight excluding hydrogens is 308 g/mol. The third-order valence-corrected chi connectivity index (χ3v) is 4.47. The van der Waals surface area contributed by atoms with Crippen LogP contribution in [-0.2, 0) is 18.3 Å². The van der Waals surface area contributed by atoms with E-state index in [9.17, 15) is 9.59 Å². The van der Waals surface area contributed by atoms with Crippen LogP contribution < -0.4 is 10.6 Å². The number of rotatable bonds is 3. The van der Waals surface area contributed by atoms with Gasteiger partial charge in [0.05, 0.1) is 17.9 Å². The number of carbonyl (C=O) groups is 2. The maximum atomic E-state index is 12.7. The molecule has 7 heteroatoms. The lowest BCUT2D eigenvalue weighted by atomic mass is 10.0. The van der Waals surface area contributed by atoms with E-state index in [4.69, 9.17) is 4.74 Å². The van der Waals surface area contributed by atoms with E-state index < -0.39 is 0 Å². The van der Waals surface area contributed by atoms with Crippen molar-refractivity contribution < 1.29 is 14.3 Å². The summed E-state index contributed by atoms with van der Waals surface area (Å²) in [6.45, 7) is 1.83. The lowest BCUT2D eigenvalue weighted by Gasteiger charge is -2.09. The molecule has 2 aliphatic heterocycles. The monoisotopic (exact) mass is 326 g/mol. The van der Waals surface area contributed by atoms with Gasteiger partial charge in [-0.2, -0.15) is 5.10 Å². The van der Waals surface area contributed by atoms with Crippen molar-refractivity contribution in [1.29, 1.82) is 0 Å². The molecule has 1 aromatic carbocycles. The van der Waals surface area contributed by atoms with Gasteiger partial charge in [-0.05, 0) is 24.1 Å². The van der Waals surface area contributed by atoms with E-state index in [0.29, 0.717) is 36.6 Å². The third-order valence-electron chi connectivity index (χ3n) is 4.47. The number of aryl methyl sites for hydroxylation is 1. The van der Waals surface area contributed by atoms with Crippen LogP contribution in [0.5, 0.6) is 0 Å². The van der Waals surface area contributed by atoms with Crippen molar-refractivity contribution in [1.82, 2.24) is 15.1 Å². The number of benzene rings is 1. The molecule has 2 aromatic rings. The van der Waals surface area contributed by atoms with Gasteiger partial charge >= 0.3 is 0 Å². The number of hydrogen-bond acceptors (Lipinski definition) is 4. The van der Waals surface area contributed by atoms with E-state index in [0.717, 1.165) is 17.7 Å². The highest BCUT2D eigenvalue weighted by Crippen LogP contribution is 2.27. The Hall–Kier alpha value is -2.67. The standard InChI is InChI=1S/C17H18N4O3/c1-21-8-14(15(20-21)11-4-5-24-9-11)17(23)19-12-3-2-10-7-18-16(22)13(10)6-12/h2-3,6,8,11H,4-5,7,9H2,1H3,(H,18,22)(H,19,23). The van der Waals surface area contributed by atoms with Crippen molar-refractivity contribution >= 4 is 17.5 Å². The number of hydrogen-bond donors (Lipinski definition) is 2. The summed E-state index contributed by atoms with van der Waals surface area (Å²) in [6, 6.07) is 5.38. The predicted molar refractivity (Wildman–Crippen MR) is 87.0 cm³/mol. The zero-order valence-electron chi connectivity index (χ0n) is 13.3. The minimum absolute atomic E-state index is 0.105. The zero-order valence-corrected chi connectivity index (χ0v) is 13.3. The lowest BCUT2D eigenvalue weighted by molar-refractivity contribution is 0.0964. The van der Waals surface area contributed by atoms with E-state index in [2.05, 4.69) is 15.7 Å². The van der Waals surface area contributed by atoms with Crippen LogP contribution >= 0.6 is 0 Å². The highest BCUT2D eigenvalue weighted by molar-refractivity contribution is 6.06. The Kier molecular flexibility index (Phi) is 3.57. The molecule has 1 unspecified atom stereocenters. The SMILES string of the molecule is Cn1cc(C(=O)Nc2ccc3c(c2)C(=O)NC3)c(C2CCOC2)n1. The Balaban J connectivity index is 1.59. The van der Waals surface area contributed by atoms with Gasteiger partial charge in [0.25, 0.3) is 11.8 Å². The van der Waals surface area contributed by atoms with E-state index in [1.165, 1.54) is 0 Å². The molecular formula is C17H18N4O3. The van der Waals surface area contributed by atoms with Crippen molar-refractivity contribution in [3.8, 4) is 0 Å². The van der Waals surface area contributed by atoms with Gasteiger partial charge in [-0.15, -0.1) is 0 Å². The second kappa shape index (κ2) is 5.76. The molecule has 0 saturated carbocycles. The lowest BCUT2D eigenvalue weighted by Crippen LogP contribution is -2.16. The second-order valence-corrected chi connectivity index (χ2v) is 6.17. The summed E-state index contributed by atoms with van der Waals surface area (Å²) >= 11 is 0. The minimum Gasteiger partial charge on any atom is -0.381 e. The summed E-state index contributed by atoms with van der Waals surface area (Å²) in [4.78, 5) is 24.4. The van der Waals surface area contributed by atoms with E-state index in [1.807, 2.05) is 12.1 Å². The van der Waals surface area contributed by atoms with Crippen LogP contribution in [0.15, 0.2) is 24.4 Å². The first-order chi connectivity index (χ1) is 11.6. The van der Waals surface area contributed by atoms with Crippen LogP contribution in [0, 0.1) is 0 Å². The summed E-state index contributed by atoms with van der Waals surface area (Å²) in [7, 11) is 1.80. The first-order valence-corrected chi connectivity index (χ1v) is 7.95. The Morgan fingerprint density at radius 2 is 2.33 bits per heavy atom. The molecule has 124 valence electrons. The van der Waals surface area contributed by atoms with Crippen LogP contribution in [-0.4, -0.2) is 34.8 Å². The first-order valence-electron chi connectivity index (χ1n) is 7.95. The summed E-state index contributed by atoms with van der Waals surface area (Å²) < 4.78 is 7.06. The number of fused-ring (bicyclic) bond motifs is 1. The second-order valence-electron chi connectivity index (χ2n) is 6.17. The number of aromatic nitrogens is 2. The van der Waals surface area contributed by atoms with Gasteiger partial charge in [-0.1, -0.05) is 6.07 Å². The molecule has 0 bridgehead atoms. The van der Waals surface area contributed by atoms with E-state index >= 15 is 0 Å². The molecule has 24 heavy (non-hydrogen) atoms. The van der Waals surface area contributed by atoms with Crippen molar-refractivity contribution in [2.24, 2.45) is 7.05 Å². The fourth-order valence-corrected chi connectivity index (χ4v) is 3.22. The normalized spacial score (nSPS) is 19.2. The van der Waals surface area contributed by atoms with Gasteiger partial charge in [-0.25, -0.2) is 0 Å². The Bertz CT molecular complexity index is 821. The van der Waals surface area contributed by atoms with Crippen LogP contribution in [0.3, 0.4) is 0 Å². The zero-order chi connectivity index (χ0) is 16.7.